The Morgan fingerprint density at radius 2 is 1.89 bits per heavy atom. The molecule has 1 fully saturated rings. The van der Waals surface area contributed by atoms with E-state index in [1.165, 1.54) is 25.0 Å². The topological polar surface area (TPSA) is 81.2 Å². The van der Waals surface area contributed by atoms with Crippen molar-refractivity contribution in [2.75, 3.05) is 18.8 Å². The van der Waals surface area contributed by atoms with E-state index >= 15 is 0 Å². The predicted octanol–water partition coefficient (Wildman–Crippen LogP) is 0.228. The summed E-state index contributed by atoms with van der Waals surface area (Å²) >= 11 is 0. The Morgan fingerprint density at radius 1 is 1.22 bits per heavy atom. The normalized spacial score (nSPS) is 16.3. The van der Waals surface area contributed by atoms with Gasteiger partial charge in [0.15, 0.2) is 0 Å². The molecule has 6 heteroatoms. The molecule has 6 nitrogen and oxygen atoms in total. The lowest BCUT2D eigenvalue weighted by Crippen LogP contribution is -2.37. The summed E-state index contributed by atoms with van der Waals surface area (Å²) in [7, 11) is 0. The average molecular weight is 250 g/mol. The molecule has 0 spiro atoms. The van der Waals surface area contributed by atoms with Crippen molar-refractivity contribution in [2.24, 2.45) is 0 Å². The van der Waals surface area contributed by atoms with Crippen LogP contribution in [0.2, 0.25) is 0 Å². The van der Waals surface area contributed by atoms with Crippen molar-refractivity contribution >= 4 is 11.7 Å². The highest BCUT2D eigenvalue weighted by Gasteiger charge is 2.16. The fourth-order valence-corrected chi connectivity index (χ4v) is 2.13. The molecule has 0 radical (unpaired) electrons. The number of nitrogens with zero attached hydrogens (tertiary/aromatic N) is 3. The predicted molar refractivity (Wildman–Crippen MR) is 68.0 cm³/mol. The number of likely N-dealkylation sites (tertiary alicyclic amines) is 1. The van der Waals surface area contributed by atoms with E-state index < -0.39 is 0 Å². The maximum atomic E-state index is 12.1. The zero-order valence-corrected chi connectivity index (χ0v) is 10.3. The van der Waals surface area contributed by atoms with E-state index in [1.807, 2.05) is 4.90 Å². The second kappa shape index (κ2) is 5.66. The summed E-state index contributed by atoms with van der Waals surface area (Å²) in [4.78, 5) is 25.4. The van der Waals surface area contributed by atoms with Crippen molar-refractivity contribution in [1.82, 2.24) is 14.7 Å². The molecule has 0 aliphatic carbocycles. The number of nitrogen functional groups attached to an aromatic ring is 1. The maximum Gasteiger partial charge on any atom is 0.267 e. The second-order valence-corrected chi connectivity index (χ2v) is 4.55. The summed E-state index contributed by atoms with van der Waals surface area (Å²) in [5, 5.41) is 3.87. The third kappa shape index (κ3) is 3.09. The van der Waals surface area contributed by atoms with E-state index in [2.05, 4.69) is 5.10 Å². The van der Waals surface area contributed by atoms with Crippen molar-refractivity contribution in [3.8, 4) is 0 Å². The van der Waals surface area contributed by atoms with Gasteiger partial charge in [-0.05, 0) is 18.9 Å². The smallest absolute Gasteiger partial charge is 0.267 e. The van der Waals surface area contributed by atoms with Gasteiger partial charge < -0.3 is 10.6 Å². The van der Waals surface area contributed by atoms with Gasteiger partial charge in [-0.15, -0.1) is 0 Å². The zero-order valence-electron chi connectivity index (χ0n) is 10.3. The number of nitrogens with two attached hydrogens (primary N) is 1. The highest BCUT2D eigenvalue weighted by molar-refractivity contribution is 5.75. The Morgan fingerprint density at radius 3 is 2.56 bits per heavy atom. The minimum atomic E-state index is -0.299. The lowest BCUT2D eigenvalue weighted by Gasteiger charge is -2.20. The van der Waals surface area contributed by atoms with Crippen molar-refractivity contribution in [1.29, 1.82) is 0 Å². The fourth-order valence-electron chi connectivity index (χ4n) is 2.13. The maximum absolute atomic E-state index is 12.1. The number of hydrogen-bond acceptors (Lipinski definition) is 4. The van der Waals surface area contributed by atoms with Crippen molar-refractivity contribution in [3.05, 3.63) is 22.5 Å². The molecular formula is C12H18N4O2. The van der Waals surface area contributed by atoms with Gasteiger partial charge in [0.25, 0.3) is 5.56 Å². The number of amides is 1. The van der Waals surface area contributed by atoms with Crippen LogP contribution in [0.5, 0.6) is 0 Å². The van der Waals surface area contributed by atoms with Crippen molar-refractivity contribution in [3.63, 3.8) is 0 Å². The van der Waals surface area contributed by atoms with E-state index in [-0.39, 0.29) is 23.8 Å². The van der Waals surface area contributed by atoms with Crippen LogP contribution < -0.4 is 11.3 Å². The molecule has 1 aliphatic heterocycles. The molecule has 0 bridgehead atoms. The van der Waals surface area contributed by atoms with Gasteiger partial charge in [0, 0.05) is 19.2 Å². The Hall–Kier alpha value is -1.85. The van der Waals surface area contributed by atoms with Crippen LogP contribution in [0, 0.1) is 0 Å². The fraction of sp³-hybridized carbons (Fsp3) is 0.583. The van der Waals surface area contributed by atoms with E-state index in [1.54, 1.807) is 0 Å². The molecule has 0 saturated carbocycles. The van der Waals surface area contributed by atoms with Gasteiger partial charge in [0.2, 0.25) is 5.91 Å². The van der Waals surface area contributed by atoms with Gasteiger partial charge in [-0.1, -0.05) is 12.8 Å². The first-order chi connectivity index (χ1) is 8.66. The number of carbonyl (C=O) groups is 1. The van der Waals surface area contributed by atoms with Crippen LogP contribution in [-0.2, 0) is 11.3 Å². The van der Waals surface area contributed by atoms with E-state index in [0.717, 1.165) is 30.6 Å². The van der Waals surface area contributed by atoms with Gasteiger partial charge in [-0.3, -0.25) is 9.59 Å². The summed E-state index contributed by atoms with van der Waals surface area (Å²) in [6, 6.07) is 2.77. The summed E-state index contributed by atoms with van der Waals surface area (Å²) in [6.07, 6.45) is 4.40. The molecule has 0 aromatic carbocycles. The molecule has 1 amide bonds. The third-order valence-corrected chi connectivity index (χ3v) is 3.13. The Balaban J connectivity index is 2.05. The zero-order chi connectivity index (χ0) is 13.0. The van der Waals surface area contributed by atoms with Gasteiger partial charge in [-0.2, -0.15) is 5.10 Å². The molecule has 2 heterocycles. The molecule has 0 atom stereocenters. The van der Waals surface area contributed by atoms with Gasteiger partial charge in [-0.25, -0.2) is 4.68 Å². The van der Waals surface area contributed by atoms with Gasteiger partial charge in [0.1, 0.15) is 12.4 Å². The number of aromatic nitrogens is 2. The van der Waals surface area contributed by atoms with Crippen LogP contribution in [0.1, 0.15) is 25.7 Å². The molecule has 18 heavy (non-hydrogen) atoms. The lowest BCUT2D eigenvalue weighted by molar-refractivity contribution is -0.132. The van der Waals surface area contributed by atoms with Gasteiger partial charge in [0.05, 0.1) is 0 Å². The molecule has 0 unspecified atom stereocenters. The summed E-state index contributed by atoms with van der Waals surface area (Å²) < 4.78 is 1.13. The third-order valence-electron chi connectivity index (χ3n) is 3.13. The number of hydrogen-bond donors (Lipinski definition) is 1. The molecular weight excluding hydrogens is 232 g/mol. The molecule has 1 aromatic rings. The Bertz CT molecular complexity index is 475. The summed E-state index contributed by atoms with van der Waals surface area (Å²) in [5.74, 6) is 0.190. The minimum absolute atomic E-state index is 0.0239. The molecule has 2 N–H and O–H groups in total. The number of anilines is 1. The van der Waals surface area contributed by atoms with Crippen molar-refractivity contribution in [2.45, 2.75) is 32.2 Å². The standard InChI is InChI=1S/C12H18N4O2/c13-10-5-6-11(17)16(14-10)9-12(18)15-7-3-1-2-4-8-15/h5-6H,1-4,7-9H2,(H2,13,14). The van der Waals surface area contributed by atoms with Crippen LogP contribution in [0.3, 0.4) is 0 Å². The first-order valence-electron chi connectivity index (χ1n) is 6.28. The second-order valence-electron chi connectivity index (χ2n) is 4.55. The van der Waals surface area contributed by atoms with Crippen LogP contribution in [0.15, 0.2) is 16.9 Å². The molecule has 1 aliphatic rings. The lowest BCUT2D eigenvalue weighted by atomic mass is 10.2. The Labute approximate surface area is 105 Å². The summed E-state index contributed by atoms with van der Waals surface area (Å²) in [6.45, 7) is 1.52. The molecule has 1 saturated heterocycles. The average Bonchev–Trinajstić information content (AvgIpc) is 2.62. The molecule has 1 aromatic heterocycles. The highest BCUT2D eigenvalue weighted by Crippen LogP contribution is 2.09. The molecule has 2 rings (SSSR count). The SMILES string of the molecule is Nc1ccc(=O)n(CC(=O)N2CCCCCC2)n1. The van der Waals surface area contributed by atoms with Crippen molar-refractivity contribution < 1.29 is 4.79 Å². The largest absolute Gasteiger partial charge is 0.382 e. The first kappa shape index (κ1) is 12.6. The first-order valence-corrected chi connectivity index (χ1v) is 6.28. The van der Waals surface area contributed by atoms with Gasteiger partial charge >= 0.3 is 0 Å². The monoisotopic (exact) mass is 250 g/mol. The van der Waals surface area contributed by atoms with E-state index in [0.29, 0.717) is 0 Å². The Kier molecular flexibility index (Phi) is 3.96. The quantitative estimate of drug-likeness (QED) is 0.814. The van der Waals surface area contributed by atoms with Crippen LogP contribution in [0.25, 0.3) is 0 Å². The number of rotatable bonds is 2. The molecule has 98 valence electrons. The van der Waals surface area contributed by atoms with Crippen LogP contribution in [0.4, 0.5) is 5.82 Å². The minimum Gasteiger partial charge on any atom is -0.382 e. The van der Waals surface area contributed by atoms with Crippen LogP contribution >= 0.6 is 0 Å². The number of carbonyl (C=O) groups excluding carboxylic acids is 1. The summed E-state index contributed by atoms with van der Waals surface area (Å²) in [5.41, 5.74) is 5.21. The van der Waals surface area contributed by atoms with Crippen LogP contribution in [-0.4, -0.2) is 33.7 Å². The van der Waals surface area contributed by atoms with E-state index in [4.69, 9.17) is 5.73 Å². The van der Waals surface area contributed by atoms with E-state index in [9.17, 15) is 9.59 Å². The highest BCUT2D eigenvalue weighted by atomic mass is 16.2.